The van der Waals surface area contributed by atoms with E-state index in [1.807, 2.05) is 17.0 Å². The number of aromatic nitrogens is 1. The first-order valence-corrected chi connectivity index (χ1v) is 8.34. The molecule has 1 fully saturated rings. The van der Waals surface area contributed by atoms with Crippen LogP contribution in [0.25, 0.3) is 6.08 Å². The normalized spacial score (nSPS) is 14.5. The molecule has 0 saturated carbocycles. The van der Waals surface area contributed by atoms with E-state index in [4.69, 9.17) is 5.21 Å². The average Bonchev–Trinajstić information content (AvgIpc) is 2.72. The number of carbonyl (C=O) groups is 2. The van der Waals surface area contributed by atoms with Gasteiger partial charge in [0.1, 0.15) is 0 Å². The van der Waals surface area contributed by atoms with Gasteiger partial charge in [-0.05, 0) is 29.8 Å². The van der Waals surface area contributed by atoms with Crippen molar-refractivity contribution in [3.05, 3.63) is 66.0 Å². The minimum absolute atomic E-state index is 0.0657. The van der Waals surface area contributed by atoms with Crippen molar-refractivity contribution in [3.8, 4) is 0 Å². The summed E-state index contributed by atoms with van der Waals surface area (Å²) in [5, 5.41) is 8.58. The highest BCUT2D eigenvalue weighted by Gasteiger charge is 2.23. The first-order valence-electron chi connectivity index (χ1n) is 8.34. The Labute approximate surface area is 151 Å². The molecule has 1 aromatic heterocycles. The van der Waals surface area contributed by atoms with Crippen LogP contribution in [0, 0.1) is 0 Å². The second kappa shape index (κ2) is 8.26. The zero-order chi connectivity index (χ0) is 18.4. The number of pyridine rings is 1. The number of hydrogen-bond acceptors (Lipinski definition) is 5. The van der Waals surface area contributed by atoms with Crippen LogP contribution in [0.15, 0.2) is 54.9 Å². The molecule has 7 heteroatoms. The first-order chi connectivity index (χ1) is 12.7. The van der Waals surface area contributed by atoms with Crippen molar-refractivity contribution < 1.29 is 14.8 Å². The highest BCUT2D eigenvalue weighted by Crippen LogP contribution is 2.18. The van der Waals surface area contributed by atoms with E-state index in [0.29, 0.717) is 24.2 Å². The highest BCUT2D eigenvalue weighted by atomic mass is 16.5. The van der Waals surface area contributed by atoms with Crippen molar-refractivity contribution in [1.82, 2.24) is 15.4 Å². The summed E-state index contributed by atoms with van der Waals surface area (Å²) in [6.45, 7) is 2.74. The molecule has 2 heterocycles. The lowest BCUT2D eigenvalue weighted by molar-refractivity contribution is -0.124. The summed E-state index contributed by atoms with van der Waals surface area (Å²) >= 11 is 0. The van der Waals surface area contributed by atoms with Crippen molar-refractivity contribution >= 4 is 23.6 Å². The summed E-state index contributed by atoms with van der Waals surface area (Å²) in [5.41, 5.74) is 3.81. The van der Waals surface area contributed by atoms with Crippen LogP contribution in [0.3, 0.4) is 0 Å². The minimum Gasteiger partial charge on any atom is -0.368 e. The molecule has 0 spiro atoms. The molecule has 0 aliphatic carbocycles. The summed E-state index contributed by atoms with van der Waals surface area (Å²) in [4.78, 5) is 32.1. The lowest BCUT2D eigenvalue weighted by Gasteiger charge is -2.36. The van der Waals surface area contributed by atoms with E-state index in [1.165, 1.54) is 17.6 Å². The van der Waals surface area contributed by atoms with Gasteiger partial charge in [0, 0.05) is 55.9 Å². The lowest BCUT2D eigenvalue weighted by Crippen LogP contribution is -2.48. The van der Waals surface area contributed by atoms with Crippen molar-refractivity contribution in [2.75, 3.05) is 31.1 Å². The summed E-state index contributed by atoms with van der Waals surface area (Å²) < 4.78 is 0. The Morgan fingerprint density at radius 3 is 2.42 bits per heavy atom. The molecule has 0 bridgehead atoms. The first kappa shape index (κ1) is 17.6. The molecule has 0 atom stereocenters. The molecular weight excluding hydrogens is 332 g/mol. The standard InChI is InChI=1S/C19H20N4O3/c24-18(21-26)6-5-15-3-1-2-4-17(15)19(25)23-13-11-22(12-14-23)16-7-9-20-10-8-16/h1-10,26H,11-14H2,(H,21,24)/b6-5+. The molecule has 134 valence electrons. The molecule has 1 saturated heterocycles. The SMILES string of the molecule is O=C(/C=C/c1ccccc1C(=O)N1CCN(c2ccncc2)CC1)NO. The molecule has 1 aromatic carbocycles. The Morgan fingerprint density at radius 1 is 1.04 bits per heavy atom. The van der Waals surface area contributed by atoms with E-state index < -0.39 is 5.91 Å². The predicted molar refractivity (Wildman–Crippen MR) is 97.8 cm³/mol. The molecule has 7 nitrogen and oxygen atoms in total. The van der Waals surface area contributed by atoms with Gasteiger partial charge in [0.15, 0.2) is 0 Å². The Balaban J connectivity index is 1.69. The molecule has 3 rings (SSSR count). The van der Waals surface area contributed by atoms with Crippen LogP contribution < -0.4 is 10.4 Å². The molecule has 2 N–H and O–H groups in total. The summed E-state index contributed by atoms with van der Waals surface area (Å²) in [5.74, 6) is -0.706. The van der Waals surface area contributed by atoms with E-state index >= 15 is 0 Å². The van der Waals surface area contributed by atoms with Gasteiger partial charge in [-0.25, -0.2) is 5.48 Å². The largest absolute Gasteiger partial charge is 0.368 e. The van der Waals surface area contributed by atoms with Gasteiger partial charge in [-0.3, -0.25) is 19.8 Å². The van der Waals surface area contributed by atoms with Gasteiger partial charge >= 0.3 is 0 Å². The van der Waals surface area contributed by atoms with E-state index in [2.05, 4.69) is 9.88 Å². The van der Waals surface area contributed by atoms with Crippen LogP contribution in [0.4, 0.5) is 5.69 Å². The fraction of sp³-hybridized carbons (Fsp3) is 0.211. The van der Waals surface area contributed by atoms with Crippen molar-refractivity contribution in [2.24, 2.45) is 0 Å². The molecule has 1 aliphatic heterocycles. The molecule has 0 radical (unpaired) electrons. The quantitative estimate of drug-likeness (QED) is 0.495. The van der Waals surface area contributed by atoms with Crippen molar-refractivity contribution in [3.63, 3.8) is 0 Å². The second-order valence-electron chi connectivity index (χ2n) is 5.88. The monoisotopic (exact) mass is 352 g/mol. The summed E-state index contributed by atoms with van der Waals surface area (Å²) in [6, 6.07) is 11.0. The van der Waals surface area contributed by atoms with E-state index in [1.54, 1.807) is 36.7 Å². The summed E-state index contributed by atoms with van der Waals surface area (Å²) in [6.07, 6.45) is 6.23. The van der Waals surface area contributed by atoms with Crippen LogP contribution in [-0.4, -0.2) is 53.1 Å². The van der Waals surface area contributed by atoms with Crippen molar-refractivity contribution in [2.45, 2.75) is 0 Å². The van der Waals surface area contributed by atoms with Gasteiger partial charge in [0.2, 0.25) is 0 Å². The molecule has 2 amide bonds. The van der Waals surface area contributed by atoms with E-state index in [-0.39, 0.29) is 5.91 Å². The number of hydroxylamine groups is 1. The van der Waals surface area contributed by atoms with Crippen LogP contribution in [-0.2, 0) is 4.79 Å². The second-order valence-corrected chi connectivity index (χ2v) is 5.88. The van der Waals surface area contributed by atoms with Gasteiger partial charge in [0.25, 0.3) is 11.8 Å². The summed E-state index contributed by atoms with van der Waals surface area (Å²) in [7, 11) is 0. The molecule has 1 aliphatic rings. The van der Waals surface area contributed by atoms with Gasteiger partial charge < -0.3 is 9.80 Å². The number of rotatable bonds is 4. The molecular formula is C19H20N4O3. The smallest absolute Gasteiger partial charge is 0.267 e. The maximum atomic E-state index is 12.9. The fourth-order valence-electron chi connectivity index (χ4n) is 2.93. The maximum absolute atomic E-state index is 12.9. The van der Waals surface area contributed by atoms with Crippen LogP contribution in [0.2, 0.25) is 0 Å². The number of nitrogens with zero attached hydrogens (tertiary/aromatic N) is 3. The topological polar surface area (TPSA) is 85.8 Å². The minimum atomic E-state index is -0.641. The third-order valence-corrected chi connectivity index (χ3v) is 4.31. The van der Waals surface area contributed by atoms with E-state index in [9.17, 15) is 9.59 Å². The Morgan fingerprint density at radius 2 is 1.73 bits per heavy atom. The zero-order valence-electron chi connectivity index (χ0n) is 14.2. The number of piperazine rings is 1. The van der Waals surface area contributed by atoms with Crippen LogP contribution >= 0.6 is 0 Å². The van der Waals surface area contributed by atoms with Crippen molar-refractivity contribution in [1.29, 1.82) is 0 Å². The highest BCUT2D eigenvalue weighted by molar-refractivity contribution is 5.99. The third kappa shape index (κ3) is 4.07. The van der Waals surface area contributed by atoms with Crippen LogP contribution in [0.1, 0.15) is 15.9 Å². The molecule has 0 unspecified atom stereocenters. The third-order valence-electron chi connectivity index (χ3n) is 4.31. The van der Waals surface area contributed by atoms with Gasteiger partial charge in [-0.2, -0.15) is 0 Å². The number of anilines is 1. The lowest BCUT2D eigenvalue weighted by atomic mass is 10.1. The number of carbonyl (C=O) groups excluding carboxylic acids is 2. The van der Waals surface area contributed by atoms with Gasteiger partial charge in [-0.15, -0.1) is 0 Å². The van der Waals surface area contributed by atoms with Gasteiger partial charge in [0.05, 0.1) is 0 Å². The number of benzene rings is 1. The van der Waals surface area contributed by atoms with Gasteiger partial charge in [-0.1, -0.05) is 18.2 Å². The Bertz CT molecular complexity index is 799. The molecule has 26 heavy (non-hydrogen) atoms. The average molecular weight is 352 g/mol. The number of amides is 2. The predicted octanol–water partition coefficient (Wildman–Crippen LogP) is 1.56. The molecule has 2 aromatic rings. The fourth-order valence-corrected chi connectivity index (χ4v) is 2.93. The Kier molecular flexibility index (Phi) is 5.60. The number of hydrogen-bond donors (Lipinski definition) is 2. The zero-order valence-corrected chi connectivity index (χ0v) is 14.2. The van der Waals surface area contributed by atoms with E-state index in [0.717, 1.165) is 18.8 Å². The maximum Gasteiger partial charge on any atom is 0.267 e. The number of nitrogens with one attached hydrogen (secondary N) is 1. The Hall–Kier alpha value is -3.19. The van der Waals surface area contributed by atoms with Crippen LogP contribution in [0.5, 0.6) is 0 Å².